The zero-order valence-corrected chi connectivity index (χ0v) is 14.3. The molecule has 124 valence electrons. The van der Waals surface area contributed by atoms with Gasteiger partial charge >= 0.3 is 0 Å². The molecule has 1 N–H and O–H groups in total. The average Bonchev–Trinajstić information content (AvgIpc) is 3.00. The van der Waals surface area contributed by atoms with Crippen LogP contribution >= 0.6 is 12.4 Å². The van der Waals surface area contributed by atoms with Gasteiger partial charge in [0.2, 0.25) is 5.91 Å². The lowest BCUT2D eigenvalue weighted by Gasteiger charge is -2.18. The average molecular weight is 327 g/mol. The minimum atomic E-state index is 0. The number of rotatable bonds is 7. The minimum Gasteiger partial charge on any atom is -0.492 e. The molecule has 0 bridgehead atoms. The van der Waals surface area contributed by atoms with Crippen LogP contribution < -0.4 is 10.1 Å². The number of ether oxygens (including phenoxy) is 1. The molecule has 1 aromatic rings. The molecule has 5 heteroatoms. The molecule has 2 rings (SSSR count). The van der Waals surface area contributed by atoms with Crippen LogP contribution in [0.15, 0.2) is 24.3 Å². The van der Waals surface area contributed by atoms with Crippen LogP contribution in [0, 0.1) is 6.92 Å². The van der Waals surface area contributed by atoms with E-state index in [1.165, 1.54) is 18.4 Å². The van der Waals surface area contributed by atoms with Gasteiger partial charge in [-0.1, -0.05) is 17.7 Å². The highest BCUT2D eigenvalue weighted by atomic mass is 35.5. The number of carbonyl (C=O) groups is 1. The molecule has 1 saturated heterocycles. The summed E-state index contributed by atoms with van der Waals surface area (Å²) in [4.78, 5) is 13.8. The number of nitrogens with one attached hydrogen (secondary N) is 1. The van der Waals surface area contributed by atoms with E-state index in [2.05, 4.69) is 12.2 Å². The van der Waals surface area contributed by atoms with E-state index in [1.54, 1.807) is 4.90 Å². The van der Waals surface area contributed by atoms with Crippen molar-refractivity contribution in [1.82, 2.24) is 10.2 Å². The highest BCUT2D eigenvalue weighted by molar-refractivity contribution is 5.85. The van der Waals surface area contributed by atoms with Crippen molar-refractivity contribution in [3.05, 3.63) is 29.8 Å². The van der Waals surface area contributed by atoms with Crippen molar-refractivity contribution >= 4 is 18.3 Å². The van der Waals surface area contributed by atoms with Crippen molar-refractivity contribution in [2.45, 2.75) is 38.6 Å². The van der Waals surface area contributed by atoms with Gasteiger partial charge in [0.15, 0.2) is 0 Å². The first-order chi connectivity index (χ1) is 10.1. The van der Waals surface area contributed by atoms with Crippen LogP contribution in [0.3, 0.4) is 0 Å². The highest BCUT2D eigenvalue weighted by Gasteiger charge is 2.16. The van der Waals surface area contributed by atoms with Crippen molar-refractivity contribution in [2.24, 2.45) is 0 Å². The molecular formula is C17H27ClN2O2. The number of nitrogens with zero attached hydrogens (tertiary/aromatic N) is 1. The Labute approximate surface area is 139 Å². The number of amides is 1. The second-order valence-electron chi connectivity index (χ2n) is 5.81. The van der Waals surface area contributed by atoms with Gasteiger partial charge in [-0.3, -0.25) is 4.79 Å². The summed E-state index contributed by atoms with van der Waals surface area (Å²) in [5, 5.41) is 3.42. The molecule has 1 heterocycles. The molecule has 22 heavy (non-hydrogen) atoms. The van der Waals surface area contributed by atoms with Crippen LogP contribution in [0.25, 0.3) is 0 Å². The highest BCUT2D eigenvalue weighted by Crippen LogP contribution is 2.12. The van der Waals surface area contributed by atoms with Crippen molar-refractivity contribution < 1.29 is 9.53 Å². The Bertz CT molecular complexity index is 444. The Morgan fingerprint density at radius 1 is 1.36 bits per heavy atom. The smallest absolute Gasteiger partial charge is 0.222 e. The van der Waals surface area contributed by atoms with E-state index < -0.39 is 0 Å². The lowest BCUT2D eigenvalue weighted by molar-refractivity contribution is -0.130. The number of halogens is 1. The standard InChI is InChI=1S/C17H26N2O2.ClH/c1-14-5-8-16(9-6-14)21-13-12-19(2)17(20)10-7-15-4-3-11-18-15;/h5-6,8-9,15,18H,3-4,7,10-13H2,1-2H3;1H. The molecule has 1 fully saturated rings. The maximum absolute atomic E-state index is 12.0. The molecule has 1 aliphatic heterocycles. The molecule has 0 saturated carbocycles. The maximum atomic E-state index is 12.0. The zero-order chi connectivity index (χ0) is 15.1. The molecule has 1 amide bonds. The van der Waals surface area contributed by atoms with E-state index in [9.17, 15) is 4.79 Å². The third kappa shape index (κ3) is 6.24. The fraction of sp³-hybridized carbons (Fsp3) is 0.588. The summed E-state index contributed by atoms with van der Waals surface area (Å²) in [5.41, 5.74) is 1.22. The van der Waals surface area contributed by atoms with Gasteiger partial charge in [-0.05, 0) is 44.9 Å². The topological polar surface area (TPSA) is 41.6 Å². The number of hydrogen-bond donors (Lipinski definition) is 1. The summed E-state index contributed by atoms with van der Waals surface area (Å²) >= 11 is 0. The fourth-order valence-corrected chi connectivity index (χ4v) is 2.55. The molecule has 4 nitrogen and oxygen atoms in total. The first-order valence-electron chi connectivity index (χ1n) is 7.82. The second-order valence-corrected chi connectivity index (χ2v) is 5.81. The summed E-state index contributed by atoms with van der Waals surface area (Å²) in [6.07, 6.45) is 4.01. The van der Waals surface area contributed by atoms with Gasteiger partial charge in [-0.2, -0.15) is 0 Å². The Kier molecular flexibility index (Phi) is 8.28. The van der Waals surface area contributed by atoms with Crippen LogP contribution in [0.5, 0.6) is 5.75 Å². The molecular weight excluding hydrogens is 300 g/mol. The molecule has 1 aliphatic rings. The molecule has 1 aromatic carbocycles. The SMILES string of the molecule is Cc1ccc(OCCN(C)C(=O)CCC2CCCN2)cc1.Cl. The summed E-state index contributed by atoms with van der Waals surface area (Å²) in [6.45, 7) is 4.31. The summed E-state index contributed by atoms with van der Waals surface area (Å²) in [6, 6.07) is 8.51. The van der Waals surface area contributed by atoms with Crippen LogP contribution in [-0.4, -0.2) is 43.6 Å². The van der Waals surface area contributed by atoms with Crippen LogP contribution in [0.2, 0.25) is 0 Å². The molecule has 0 spiro atoms. The molecule has 0 aromatic heterocycles. The lowest BCUT2D eigenvalue weighted by Crippen LogP contribution is -2.32. The fourth-order valence-electron chi connectivity index (χ4n) is 2.55. The van der Waals surface area contributed by atoms with Gasteiger partial charge in [0.1, 0.15) is 12.4 Å². The zero-order valence-electron chi connectivity index (χ0n) is 13.5. The van der Waals surface area contributed by atoms with Crippen molar-refractivity contribution in [3.8, 4) is 5.75 Å². The summed E-state index contributed by atoms with van der Waals surface area (Å²) in [7, 11) is 1.85. The molecule has 1 unspecified atom stereocenters. The molecule has 0 aliphatic carbocycles. The van der Waals surface area contributed by atoms with Crippen molar-refractivity contribution in [2.75, 3.05) is 26.7 Å². The third-order valence-corrected chi connectivity index (χ3v) is 4.01. The number of hydrogen-bond acceptors (Lipinski definition) is 3. The first kappa shape index (κ1) is 18.8. The third-order valence-electron chi connectivity index (χ3n) is 4.01. The first-order valence-corrected chi connectivity index (χ1v) is 7.82. The van der Waals surface area contributed by atoms with Gasteiger partial charge in [0.05, 0.1) is 6.54 Å². The van der Waals surface area contributed by atoms with Gasteiger partial charge in [0.25, 0.3) is 0 Å². The normalized spacial score (nSPS) is 16.9. The van der Waals surface area contributed by atoms with Crippen molar-refractivity contribution in [3.63, 3.8) is 0 Å². The Morgan fingerprint density at radius 3 is 2.73 bits per heavy atom. The van der Waals surface area contributed by atoms with Gasteiger partial charge in [-0.25, -0.2) is 0 Å². The van der Waals surface area contributed by atoms with Gasteiger partial charge in [0, 0.05) is 19.5 Å². The van der Waals surface area contributed by atoms with Crippen LogP contribution in [-0.2, 0) is 4.79 Å². The van der Waals surface area contributed by atoms with E-state index in [0.717, 1.165) is 18.7 Å². The van der Waals surface area contributed by atoms with E-state index in [4.69, 9.17) is 4.74 Å². The van der Waals surface area contributed by atoms with Gasteiger partial charge < -0.3 is 15.0 Å². The Hall–Kier alpha value is -1.26. The quantitative estimate of drug-likeness (QED) is 0.837. The monoisotopic (exact) mass is 326 g/mol. The van der Waals surface area contributed by atoms with Crippen molar-refractivity contribution in [1.29, 1.82) is 0 Å². The van der Waals surface area contributed by atoms with E-state index >= 15 is 0 Å². The number of likely N-dealkylation sites (N-methyl/N-ethyl adjacent to an activating group) is 1. The summed E-state index contributed by atoms with van der Waals surface area (Å²) < 4.78 is 5.65. The number of benzene rings is 1. The molecule has 0 radical (unpaired) electrons. The van der Waals surface area contributed by atoms with Crippen LogP contribution in [0.1, 0.15) is 31.2 Å². The number of carbonyl (C=O) groups excluding carboxylic acids is 1. The minimum absolute atomic E-state index is 0. The Balaban J connectivity index is 0.00000242. The second kappa shape index (κ2) is 9.70. The maximum Gasteiger partial charge on any atom is 0.222 e. The Morgan fingerprint density at radius 2 is 2.09 bits per heavy atom. The van der Waals surface area contributed by atoms with E-state index in [1.807, 2.05) is 31.3 Å². The largest absolute Gasteiger partial charge is 0.492 e. The van der Waals surface area contributed by atoms with E-state index in [-0.39, 0.29) is 18.3 Å². The molecule has 1 atom stereocenters. The predicted molar refractivity (Wildman–Crippen MR) is 91.8 cm³/mol. The van der Waals surface area contributed by atoms with Crippen LogP contribution in [0.4, 0.5) is 0 Å². The predicted octanol–water partition coefficient (Wildman–Crippen LogP) is 2.79. The lowest BCUT2D eigenvalue weighted by atomic mass is 10.1. The van der Waals surface area contributed by atoms with E-state index in [0.29, 0.717) is 25.6 Å². The summed E-state index contributed by atoms with van der Waals surface area (Å²) in [5.74, 6) is 1.06. The van der Waals surface area contributed by atoms with Gasteiger partial charge in [-0.15, -0.1) is 12.4 Å². The number of aryl methyl sites for hydroxylation is 1.